The Bertz CT molecular complexity index is 291. The van der Waals surface area contributed by atoms with Crippen LogP contribution in [0.1, 0.15) is 31.7 Å². The molecular formula is C14H21N. The van der Waals surface area contributed by atoms with E-state index in [1.807, 2.05) is 0 Å². The average Bonchev–Trinajstić information content (AvgIpc) is 2.98. The summed E-state index contributed by atoms with van der Waals surface area (Å²) >= 11 is 0. The Morgan fingerprint density at radius 3 is 2.67 bits per heavy atom. The molecule has 1 aliphatic carbocycles. The fourth-order valence-corrected chi connectivity index (χ4v) is 2.14. The zero-order chi connectivity index (χ0) is 10.7. The fourth-order valence-electron chi connectivity index (χ4n) is 2.14. The summed E-state index contributed by atoms with van der Waals surface area (Å²) in [6.07, 6.45) is 1.37. The minimum atomic E-state index is 0.763. The van der Waals surface area contributed by atoms with Gasteiger partial charge in [0.25, 0.3) is 0 Å². The van der Waals surface area contributed by atoms with Crippen LogP contribution in [0.25, 0.3) is 0 Å². The summed E-state index contributed by atoms with van der Waals surface area (Å²) < 4.78 is 0. The highest BCUT2D eigenvalue weighted by atomic mass is 14.9. The van der Waals surface area contributed by atoms with Crippen LogP contribution in [-0.2, 0) is 0 Å². The van der Waals surface area contributed by atoms with Crippen molar-refractivity contribution in [2.75, 3.05) is 13.1 Å². The first-order valence-corrected chi connectivity index (χ1v) is 6.03. The normalized spacial score (nSPS) is 24.5. The van der Waals surface area contributed by atoms with Crippen molar-refractivity contribution in [2.24, 2.45) is 11.8 Å². The molecule has 1 saturated carbocycles. The Labute approximate surface area is 92.9 Å². The monoisotopic (exact) mass is 203 g/mol. The largest absolute Gasteiger partial charge is 0.316 e. The van der Waals surface area contributed by atoms with Gasteiger partial charge in [-0.15, -0.1) is 0 Å². The minimum Gasteiger partial charge on any atom is -0.316 e. The lowest BCUT2D eigenvalue weighted by Crippen LogP contribution is -2.22. The zero-order valence-electron chi connectivity index (χ0n) is 9.74. The smallest absolute Gasteiger partial charge is 0.00143 e. The second kappa shape index (κ2) is 4.80. The number of hydrogen-bond acceptors (Lipinski definition) is 1. The lowest BCUT2D eigenvalue weighted by Gasteiger charge is -2.06. The van der Waals surface area contributed by atoms with E-state index in [9.17, 15) is 0 Å². The molecule has 15 heavy (non-hydrogen) atoms. The molecule has 1 aliphatic rings. The van der Waals surface area contributed by atoms with E-state index in [4.69, 9.17) is 0 Å². The van der Waals surface area contributed by atoms with Gasteiger partial charge < -0.3 is 5.32 Å². The van der Waals surface area contributed by atoms with E-state index in [0.29, 0.717) is 0 Å². The van der Waals surface area contributed by atoms with Gasteiger partial charge in [0, 0.05) is 0 Å². The van der Waals surface area contributed by atoms with Crippen molar-refractivity contribution >= 4 is 0 Å². The Morgan fingerprint density at radius 1 is 1.27 bits per heavy atom. The third kappa shape index (κ3) is 3.07. The summed E-state index contributed by atoms with van der Waals surface area (Å²) in [5, 5.41) is 3.55. The van der Waals surface area contributed by atoms with Gasteiger partial charge in [0.1, 0.15) is 0 Å². The number of nitrogens with one attached hydrogen (secondary N) is 1. The van der Waals surface area contributed by atoms with E-state index >= 15 is 0 Å². The Hall–Kier alpha value is -0.820. The van der Waals surface area contributed by atoms with Gasteiger partial charge in [0.15, 0.2) is 0 Å². The van der Waals surface area contributed by atoms with Crippen LogP contribution in [0.3, 0.4) is 0 Å². The molecule has 2 atom stereocenters. The number of benzene rings is 1. The number of hydrogen-bond donors (Lipinski definition) is 1. The topological polar surface area (TPSA) is 12.0 Å². The summed E-state index contributed by atoms with van der Waals surface area (Å²) in [5.74, 6) is 2.47. The van der Waals surface area contributed by atoms with Gasteiger partial charge in [-0.25, -0.2) is 0 Å². The summed E-state index contributed by atoms with van der Waals surface area (Å²) in [4.78, 5) is 0. The van der Waals surface area contributed by atoms with Crippen LogP contribution in [-0.4, -0.2) is 13.1 Å². The molecule has 0 heterocycles. The van der Waals surface area contributed by atoms with E-state index in [1.165, 1.54) is 18.5 Å². The van der Waals surface area contributed by atoms with Crippen molar-refractivity contribution in [3.63, 3.8) is 0 Å². The molecule has 1 fully saturated rings. The van der Waals surface area contributed by atoms with Gasteiger partial charge in [-0.05, 0) is 42.8 Å². The maximum absolute atomic E-state index is 3.55. The van der Waals surface area contributed by atoms with Crippen LogP contribution < -0.4 is 5.32 Å². The van der Waals surface area contributed by atoms with E-state index in [1.54, 1.807) is 0 Å². The molecule has 0 aliphatic heterocycles. The van der Waals surface area contributed by atoms with Gasteiger partial charge >= 0.3 is 0 Å². The quantitative estimate of drug-likeness (QED) is 0.775. The lowest BCUT2D eigenvalue weighted by atomic mass is 10.1. The SMILES string of the molecule is CC(C)CNC[C@@H]1C[C@H]1c1ccccc1. The van der Waals surface area contributed by atoms with Crippen LogP contribution >= 0.6 is 0 Å². The molecule has 0 saturated heterocycles. The molecule has 0 bridgehead atoms. The Balaban J connectivity index is 1.72. The molecule has 82 valence electrons. The summed E-state index contributed by atoms with van der Waals surface area (Å²) in [7, 11) is 0. The molecule has 1 heteroatoms. The van der Waals surface area contributed by atoms with E-state index in [-0.39, 0.29) is 0 Å². The van der Waals surface area contributed by atoms with E-state index in [2.05, 4.69) is 49.5 Å². The second-order valence-electron chi connectivity index (χ2n) is 5.07. The molecule has 2 rings (SSSR count). The highest BCUT2D eigenvalue weighted by Crippen LogP contribution is 2.46. The highest BCUT2D eigenvalue weighted by molar-refractivity contribution is 5.25. The molecule has 0 radical (unpaired) electrons. The zero-order valence-corrected chi connectivity index (χ0v) is 9.74. The highest BCUT2D eigenvalue weighted by Gasteiger charge is 2.37. The van der Waals surface area contributed by atoms with Crippen molar-refractivity contribution < 1.29 is 0 Å². The Morgan fingerprint density at radius 2 is 2.00 bits per heavy atom. The molecule has 1 nitrogen and oxygen atoms in total. The Kier molecular flexibility index (Phi) is 3.42. The van der Waals surface area contributed by atoms with Gasteiger partial charge in [0.2, 0.25) is 0 Å². The first kappa shape index (κ1) is 10.7. The number of rotatable bonds is 5. The van der Waals surface area contributed by atoms with Crippen molar-refractivity contribution in [3.05, 3.63) is 35.9 Å². The van der Waals surface area contributed by atoms with Crippen LogP contribution in [0.5, 0.6) is 0 Å². The van der Waals surface area contributed by atoms with Crippen molar-refractivity contribution in [1.29, 1.82) is 0 Å². The first-order chi connectivity index (χ1) is 7.27. The maximum Gasteiger partial charge on any atom is -0.00143 e. The lowest BCUT2D eigenvalue weighted by molar-refractivity contribution is 0.532. The van der Waals surface area contributed by atoms with Crippen LogP contribution in [0.15, 0.2) is 30.3 Å². The van der Waals surface area contributed by atoms with Crippen LogP contribution in [0.2, 0.25) is 0 Å². The van der Waals surface area contributed by atoms with E-state index in [0.717, 1.165) is 24.3 Å². The van der Waals surface area contributed by atoms with Gasteiger partial charge in [-0.1, -0.05) is 44.2 Å². The summed E-state index contributed by atoms with van der Waals surface area (Å²) in [5.41, 5.74) is 1.52. The van der Waals surface area contributed by atoms with Crippen molar-refractivity contribution in [2.45, 2.75) is 26.2 Å². The molecule has 1 aromatic rings. The van der Waals surface area contributed by atoms with E-state index < -0.39 is 0 Å². The molecule has 1 N–H and O–H groups in total. The predicted molar refractivity (Wildman–Crippen MR) is 65.0 cm³/mol. The minimum absolute atomic E-state index is 0.763. The maximum atomic E-state index is 3.55. The van der Waals surface area contributed by atoms with Gasteiger partial charge in [-0.2, -0.15) is 0 Å². The van der Waals surface area contributed by atoms with Gasteiger partial charge in [-0.3, -0.25) is 0 Å². The average molecular weight is 203 g/mol. The van der Waals surface area contributed by atoms with Crippen LogP contribution in [0.4, 0.5) is 0 Å². The van der Waals surface area contributed by atoms with Crippen molar-refractivity contribution in [1.82, 2.24) is 5.32 Å². The standard InChI is InChI=1S/C14H21N/c1-11(2)9-15-10-13-8-14(13)12-6-4-3-5-7-12/h3-7,11,13-15H,8-10H2,1-2H3/t13-,14-/m0/s1. The third-order valence-electron chi connectivity index (χ3n) is 3.11. The molecule has 0 unspecified atom stereocenters. The predicted octanol–water partition coefficient (Wildman–Crippen LogP) is 3.04. The molecule has 1 aromatic carbocycles. The third-order valence-corrected chi connectivity index (χ3v) is 3.11. The van der Waals surface area contributed by atoms with Crippen LogP contribution in [0, 0.1) is 11.8 Å². The first-order valence-electron chi connectivity index (χ1n) is 6.03. The molecule has 0 spiro atoms. The summed E-state index contributed by atoms with van der Waals surface area (Å²) in [6.45, 7) is 6.86. The molecule has 0 amide bonds. The molecule has 0 aromatic heterocycles. The van der Waals surface area contributed by atoms with Crippen molar-refractivity contribution in [3.8, 4) is 0 Å². The van der Waals surface area contributed by atoms with Gasteiger partial charge in [0.05, 0.1) is 0 Å². The summed E-state index contributed by atoms with van der Waals surface area (Å²) in [6, 6.07) is 10.9. The fraction of sp³-hybridized carbons (Fsp3) is 0.571. The molecular weight excluding hydrogens is 182 g/mol. The second-order valence-corrected chi connectivity index (χ2v) is 5.07.